The highest BCUT2D eigenvalue weighted by molar-refractivity contribution is 5.70. The Balaban J connectivity index is 1.64. The number of carboxylic acids is 1. The fourth-order valence-electron chi connectivity index (χ4n) is 8.22. The smallest absolute Gasteiger partial charge is 0.306 e. The number of hydrogen-bond donors (Lipinski definition) is 3. The molecule has 10 atom stereocenters. The zero-order chi connectivity index (χ0) is 18.9. The van der Waals surface area contributed by atoms with Gasteiger partial charge in [-0.1, -0.05) is 20.8 Å². The van der Waals surface area contributed by atoms with Crippen LogP contribution in [0.15, 0.2) is 0 Å². The molecule has 0 radical (unpaired) electrons. The Hall–Kier alpha value is -0.610. The summed E-state index contributed by atoms with van der Waals surface area (Å²) in [6, 6.07) is 0. The van der Waals surface area contributed by atoms with Crippen LogP contribution in [-0.4, -0.2) is 33.5 Å². The summed E-state index contributed by atoms with van der Waals surface area (Å²) < 4.78 is 0. The van der Waals surface area contributed by atoms with Crippen molar-refractivity contribution in [2.24, 2.45) is 46.3 Å². The summed E-state index contributed by atoms with van der Waals surface area (Å²) in [6.45, 7) is 6.44. The zero-order valence-corrected chi connectivity index (χ0v) is 16.5. The summed E-state index contributed by atoms with van der Waals surface area (Å²) in [4.78, 5) is 11.7. The first-order valence-corrected chi connectivity index (χ1v) is 10.8. The molecule has 0 amide bonds. The molecule has 0 aromatic rings. The van der Waals surface area contributed by atoms with Crippen molar-refractivity contribution in [1.29, 1.82) is 0 Å². The van der Waals surface area contributed by atoms with E-state index < -0.39 is 12.1 Å². The molecule has 4 fully saturated rings. The van der Waals surface area contributed by atoms with Crippen LogP contribution >= 0.6 is 0 Å². The molecule has 4 aliphatic carbocycles. The van der Waals surface area contributed by atoms with E-state index in [1.165, 1.54) is 12.8 Å². The van der Waals surface area contributed by atoms with E-state index >= 15 is 0 Å². The van der Waals surface area contributed by atoms with E-state index in [2.05, 4.69) is 13.8 Å². The van der Waals surface area contributed by atoms with Gasteiger partial charge in [0.25, 0.3) is 0 Å². The van der Waals surface area contributed by atoms with Crippen LogP contribution in [0.1, 0.15) is 72.1 Å². The predicted molar refractivity (Wildman–Crippen MR) is 99.4 cm³/mol. The number of carboxylic acid groups (broad SMARTS) is 1. The third kappa shape index (κ3) is 2.44. The summed E-state index contributed by atoms with van der Waals surface area (Å²) >= 11 is 0. The Morgan fingerprint density at radius 3 is 2.42 bits per heavy atom. The van der Waals surface area contributed by atoms with Crippen molar-refractivity contribution in [3.63, 3.8) is 0 Å². The first kappa shape index (κ1) is 18.7. The molecule has 0 aromatic heterocycles. The molecule has 0 heterocycles. The lowest BCUT2D eigenvalue weighted by atomic mass is 9.43. The van der Waals surface area contributed by atoms with Gasteiger partial charge in [-0.2, -0.15) is 0 Å². The van der Waals surface area contributed by atoms with Crippen LogP contribution < -0.4 is 0 Å². The van der Waals surface area contributed by atoms with E-state index in [0.717, 1.165) is 38.5 Å². The van der Waals surface area contributed by atoms with Gasteiger partial charge in [0.05, 0.1) is 18.1 Å². The molecule has 148 valence electrons. The van der Waals surface area contributed by atoms with Crippen LogP contribution in [0.2, 0.25) is 0 Å². The first-order valence-electron chi connectivity index (χ1n) is 10.8. The van der Waals surface area contributed by atoms with Crippen molar-refractivity contribution < 1.29 is 20.1 Å². The van der Waals surface area contributed by atoms with Crippen molar-refractivity contribution in [3.8, 4) is 0 Å². The molecule has 4 rings (SSSR count). The van der Waals surface area contributed by atoms with E-state index in [-0.39, 0.29) is 28.8 Å². The van der Waals surface area contributed by atoms with Crippen LogP contribution in [0.3, 0.4) is 0 Å². The molecule has 3 N–H and O–H groups in total. The summed E-state index contributed by atoms with van der Waals surface area (Å²) in [7, 11) is 0. The Bertz CT molecular complexity index is 576. The van der Waals surface area contributed by atoms with Gasteiger partial charge in [0, 0.05) is 5.41 Å². The van der Waals surface area contributed by atoms with Gasteiger partial charge in [-0.05, 0) is 86.4 Å². The molecule has 26 heavy (non-hydrogen) atoms. The molecule has 0 unspecified atom stereocenters. The zero-order valence-electron chi connectivity index (χ0n) is 16.5. The van der Waals surface area contributed by atoms with Gasteiger partial charge in [-0.15, -0.1) is 0 Å². The van der Waals surface area contributed by atoms with Crippen LogP contribution in [0.25, 0.3) is 0 Å². The number of aliphatic carboxylic acids is 1. The molecule has 0 bridgehead atoms. The van der Waals surface area contributed by atoms with Gasteiger partial charge in [-0.25, -0.2) is 0 Å². The largest absolute Gasteiger partial charge is 0.481 e. The predicted octanol–water partition coefficient (Wildman–Crippen LogP) is 3.70. The van der Waals surface area contributed by atoms with Crippen molar-refractivity contribution in [3.05, 3.63) is 0 Å². The molecule has 0 saturated heterocycles. The molecule has 0 spiro atoms. The minimum Gasteiger partial charge on any atom is -0.481 e. The molecule has 4 nitrogen and oxygen atoms in total. The molecule has 0 aromatic carbocycles. The van der Waals surface area contributed by atoms with E-state index in [0.29, 0.717) is 23.7 Å². The average Bonchev–Trinajstić information content (AvgIpc) is 2.94. The van der Waals surface area contributed by atoms with Crippen molar-refractivity contribution in [2.75, 3.05) is 0 Å². The van der Waals surface area contributed by atoms with Gasteiger partial charge in [0.2, 0.25) is 0 Å². The molecule has 4 saturated carbocycles. The molecular formula is C22H36O4. The minimum absolute atomic E-state index is 0.0830. The summed E-state index contributed by atoms with van der Waals surface area (Å²) in [5, 5.41) is 31.0. The third-order valence-electron chi connectivity index (χ3n) is 9.81. The number of hydrogen-bond acceptors (Lipinski definition) is 3. The first-order chi connectivity index (χ1) is 12.2. The fraction of sp³-hybridized carbons (Fsp3) is 0.955. The van der Waals surface area contributed by atoms with E-state index in [4.69, 9.17) is 0 Å². The lowest BCUT2D eigenvalue weighted by molar-refractivity contribution is -0.178. The SMILES string of the molecule is C[C@@H](C(=O)O)[C@@H]1CC[C@@H]2[C@H]3CC[C@H]4C[C@@H](O)CC[C@]4(C)[C@@H]3C[C@@H](O)[C@]21C. The number of aliphatic hydroxyl groups is 2. The molecule has 4 heteroatoms. The number of rotatable bonds is 2. The molecule has 4 aliphatic rings. The van der Waals surface area contributed by atoms with E-state index in [1.807, 2.05) is 6.92 Å². The van der Waals surface area contributed by atoms with Crippen molar-refractivity contribution >= 4 is 5.97 Å². The Morgan fingerprint density at radius 2 is 1.73 bits per heavy atom. The topological polar surface area (TPSA) is 77.8 Å². The highest BCUT2D eigenvalue weighted by Crippen LogP contribution is 2.68. The van der Waals surface area contributed by atoms with Crippen LogP contribution in [0, 0.1) is 46.3 Å². The lowest BCUT2D eigenvalue weighted by Gasteiger charge is -2.62. The van der Waals surface area contributed by atoms with E-state index in [1.54, 1.807) is 0 Å². The second-order valence-corrected chi connectivity index (χ2v) is 10.5. The normalized spacial score (nSPS) is 54.7. The van der Waals surface area contributed by atoms with Gasteiger partial charge >= 0.3 is 5.97 Å². The van der Waals surface area contributed by atoms with Gasteiger partial charge in [0.1, 0.15) is 0 Å². The standard InChI is InChI=1S/C22H36O4/c1-12(20(25)26)16-6-7-17-15-5-4-13-10-14(23)8-9-21(13,2)18(15)11-19(24)22(16,17)3/h12-19,23-24H,4-11H2,1-3H3,(H,25,26)/t12-,13+,14+,15-,16+,17-,18-,19-,21+,22+/m1/s1. The maximum Gasteiger partial charge on any atom is 0.306 e. The summed E-state index contributed by atoms with van der Waals surface area (Å²) in [5.74, 6) is 1.16. The van der Waals surface area contributed by atoms with Crippen molar-refractivity contribution in [2.45, 2.75) is 84.3 Å². The second-order valence-electron chi connectivity index (χ2n) is 10.5. The maximum absolute atomic E-state index is 11.7. The van der Waals surface area contributed by atoms with Gasteiger partial charge in [0.15, 0.2) is 0 Å². The number of carbonyl (C=O) groups is 1. The van der Waals surface area contributed by atoms with Gasteiger partial charge in [-0.3, -0.25) is 4.79 Å². The molecule has 0 aliphatic heterocycles. The highest BCUT2D eigenvalue weighted by Gasteiger charge is 2.64. The van der Waals surface area contributed by atoms with Crippen molar-refractivity contribution in [1.82, 2.24) is 0 Å². The minimum atomic E-state index is -0.719. The lowest BCUT2D eigenvalue weighted by Crippen LogP contribution is -2.59. The van der Waals surface area contributed by atoms with Crippen LogP contribution in [-0.2, 0) is 4.79 Å². The summed E-state index contributed by atoms with van der Waals surface area (Å²) in [5.41, 5.74) is -0.0166. The Labute approximate surface area is 157 Å². The van der Waals surface area contributed by atoms with Crippen LogP contribution in [0.4, 0.5) is 0 Å². The Morgan fingerprint density at radius 1 is 1.00 bits per heavy atom. The fourth-order valence-corrected chi connectivity index (χ4v) is 8.22. The second kappa shape index (κ2) is 6.20. The van der Waals surface area contributed by atoms with Gasteiger partial charge < -0.3 is 15.3 Å². The summed E-state index contributed by atoms with van der Waals surface area (Å²) in [6.07, 6.45) is 7.57. The third-order valence-corrected chi connectivity index (χ3v) is 9.81. The quantitative estimate of drug-likeness (QED) is 0.698. The number of fused-ring (bicyclic) bond motifs is 5. The number of aliphatic hydroxyl groups excluding tert-OH is 2. The molecular weight excluding hydrogens is 328 g/mol. The van der Waals surface area contributed by atoms with E-state index in [9.17, 15) is 20.1 Å². The highest BCUT2D eigenvalue weighted by atomic mass is 16.4. The monoisotopic (exact) mass is 364 g/mol. The maximum atomic E-state index is 11.7. The average molecular weight is 365 g/mol. The Kier molecular flexibility index (Phi) is 4.47. The van der Waals surface area contributed by atoms with Crippen LogP contribution in [0.5, 0.6) is 0 Å².